The predicted molar refractivity (Wildman–Crippen MR) is 83.8 cm³/mol. The zero-order valence-electron chi connectivity index (χ0n) is 12.1. The molecular formula is C17H16F2O2S. The summed E-state index contributed by atoms with van der Waals surface area (Å²) in [5, 5.41) is 0. The van der Waals surface area contributed by atoms with Crippen molar-refractivity contribution < 1.29 is 18.3 Å². The van der Waals surface area contributed by atoms with Gasteiger partial charge in [-0.25, -0.2) is 8.78 Å². The van der Waals surface area contributed by atoms with Crippen LogP contribution in [0.25, 0.3) is 11.1 Å². The number of thioether (sulfide) groups is 1. The molecule has 0 aromatic heterocycles. The molecule has 2 aromatic carbocycles. The Balaban J connectivity index is 2.18. The topological polar surface area (TPSA) is 26.3 Å². The van der Waals surface area contributed by atoms with Crippen molar-refractivity contribution in [2.45, 2.75) is 18.2 Å². The molecule has 0 radical (unpaired) electrons. The van der Waals surface area contributed by atoms with Gasteiger partial charge in [0.05, 0.1) is 13.0 Å². The van der Waals surface area contributed by atoms with Crippen LogP contribution in [0.2, 0.25) is 0 Å². The maximum atomic E-state index is 13.9. The van der Waals surface area contributed by atoms with Gasteiger partial charge in [0.1, 0.15) is 11.6 Å². The van der Waals surface area contributed by atoms with Crippen LogP contribution in [0.1, 0.15) is 13.3 Å². The third-order valence-electron chi connectivity index (χ3n) is 2.98. The van der Waals surface area contributed by atoms with Crippen molar-refractivity contribution in [3.8, 4) is 11.1 Å². The Labute approximate surface area is 132 Å². The summed E-state index contributed by atoms with van der Waals surface area (Å²) in [6.07, 6.45) is 0.228. The van der Waals surface area contributed by atoms with Crippen molar-refractivity contribution in [2.24, 2.45) is 0 Å². The highest BCUT2D eigenvalue weighted by Gasteiger charge is 2.12. The lowest BCUT2D eigenvalue weighted by atomic mass is 10.1. The smallest absolute Gasteiger partial charge is 0.306 e. The number of ether oxygens (including phenoxy) is 1. The Bertz CT molecular complexity index is 659. The number of halogens is 2. The SMILES string of the molecule is CCOC(=O)CCSc1cc(F)ccc1-c1ccccc1F. The lowest BCUT2D eigenvalue weighted by molar-refractivity contribution is -0.142. The highest BCUT2D eigenvalue weighted by Crippen LogP contribution is 2.33. The van der Waals surface area contributed by atoms with Gasteiger partial charge < -0.3 is 4.74 Å². The lowest BCUT2D eigenvalue weighted by Crippen LogP contribution is -2.04. The number of benzene rings is 2. The van der Waals surface area contributed by atoms with Crippen LogP contribution in [0.15, 0.2) is 47.4 Å². The molecule has 0 N–H and O–H groups in total. The molecule has 0 amide bonds. The van der Waals surface area contributed by atoms with Gasteiger partial charge in [-0.05, 0) is 30.7 Å². The zero-order chi connectivity index (χ0) is 15.9. The van der Waals surface area contributed by atoms with Gasteiger partial charge in [0.2, 0.25) is 0 Å². The van der Waals surface area contributed by atoms with Crippen molar-refractivity contribution in [2.75, 3.05) is 12.4 Å². The molecule has 0 bridgehead atoms. The zero-order valence-corrected chi connectivity index (χ0v) is 13.0. The van der Waals surface area contributed by atoms with Crippen molar-refractivity contribution in [1.82, 2.24) is 0 Å². The number of rotatable bonds is 6. The Morgan fingerprint density at radius 2 is 1.91 bits per heavy atom. The fourth-order valence-electron chi connectivity index (χ4n) is 2.00. The quantitative estimate of drug-likeness (QED) is 0.571. The number of carbonyl (C=O) groups excluding carboxylic acids is 1. The Morgan fingerprint density at radius 1 is 1.14 bits per heavy atom. The summed E-state index contributed by atoms with van der Waals surface area (Å²) in [5.41, 5.74) is 1.04. The van der Waals surface area contributed by atoms with Gasteiger partial charge >= 0.3 is 5.97 Å². The van der Waals surface area contributed by atoms with E-state index in [2.05, 4.69) is 0 Å². The maximum Gasteiger partial charge on any atom is 0.306 e. The van der Waals surface area contributed by atoms with Crippen molar-refractivity contribution in [3.05, 3.63) is 54.1 Å². The fraction of sp³-hybridized carbons (Fsp3) is 0.235. The highest BCUT2D eigenvalue weighted by atomic mass is 32.2. The van der Waals surface area contributed by atoms with Crippen LogP contribution in [0, 0.1) is 11.6 Å². The molecule has 0 aliphatic carbocycles. The van der Waals surface area contributed by atoms with Gasteiger partial charge in [-0.2, -0.15) is 0 Å². The van der Waals surface area contributed by atoms with E-state index in [0.29, 0.717) is 28.4 Å². The summed E-state index contributed by atoms with van der Waals surface area (Å²) < 4.78 is 32.3. The predicted octanol–water partition coefficient (Wildman–Crippen LogP) is 4.68. The summed E-state index contributed by atoms with van der Waals surface area (Å²) in [4.78, 5) is 11.9. The van der Waals surface area contributed by atoms with Crippen LogP contribution in [0.3, 0.4) is 0 Å². The average Bonchev–Trinajstić information content (AvgIpc) is 2.49. The van der Waals surface area contributed by atoms with E-state index >= 15 is 0 Å². The molecule has 0 saturated heterocycles. The minimum absolute atomic E-state index is 0.228. The monoisotopic (exact) mass is 322 g/mol. The second-order valence-corrected chi connectivity index (χ2v) is 5.66. The molecule has 0 saturated carbocycles. The van der Waals surface area contributed by atoms with Gasteiger partial charge in [-0.15, -0.1) is 11.8 Å². The van der Waals surface area contributed by atoms with E-state index in [1.165, 1.54) is 30.0 Å². The summed E-state index contributed by atoms with van der Waals surface area (Å²) >= 11 is 1.31. The van der Waals surface area contributed by atoms with Gasteiger partial charge in [0.25, 0.3) is 0 Å². The molecule has 0 fully saturated rings. The Morgan fingerprint density at radius 3 is 2.64 bits per heavy atom. The maximum absolute atomic E-state index is 13.9. The summed E-state index contributed by atoms with van der Waals surface area (Å²) in [5.74, 6) is -0.595. The number of hydrogen-bond donors (Lipinski definition) is 0. The molecule has 0 aliphatic heterocycles. The molecule has 22 heavy (non-hydrogen) atoms. The third kappa shape index (κ3) is 4.31. The first-order valence-electron chi connectivity index (χ1n) is 6.94. The average molecular weight is 322 g/mol. The van der Waals surface area contributed by atoms with Crippen LogP contribution in [-0.2, 0) is 9.53 Å². The van der Waals surface area contributed by atoms with Gasteiger partial charge in [0, 0.05) is 16.2 Å². The standard InChI is InChI=1S/C17H16F2O2S/c1-2-21-17(20)9-10-22-16-11-12(18)7-8-14(16)13-5-3-4-6-15(13)19/h3-8,11H,2,9-10H2,1H3. The van der Waals surface area contributed by atoms with E-state index in [1.807, 2.05) is 0 Å². The molecule has 0 unspecified atom stereocenters. The van der Waals surface area contributed by atoms with E-state index in [-0.39, 0.29) is 18.2 Å². The molecule has 2 aromatic rings. The van der Waals surface area contributed by atoms with E-state index in [1.54, 1.807) is 31.2 Å². The van der Waals surface area contributed by atoms with Crippen LogP contribution < -0.4 is 0 Å². The van der Waals surface area contributed by atoms with E-state index in [0.717, 1.165) is 0 Å². The first-order chi connectivity index (χ1) is 10.6. The molecule has 116 valence electrons. The second-order valence-electron chi connectivity index (χ2n) is 4.52. The van der Waals surface area contributed by atoms with Crippen LogP contribution >= 0.6 is 11.8 Å². The summed E-state index contributed by atoms with van der Waals surface area (Å²) in [6, 6.07) is 10.6. The first kappa shape index (κ1) is 16.5. The molecular weight excluding hydrogens is 306 g/mol. The summed E-state index contributed by atoms with van der Waals surface area (Å²) in [7, 11) is 0. The molecule has 0 spiro atoms. The summed E-state index contributed by atoms with van der Waals surface area (Å²) in [6.45, 7) is 2.08. The molecule has 2 rings (SSSR count). The molecule has 0 aliphatic rings. The second kappa shape index (κ2) is 7.94. The minimum atomic E-state index is -0.390. The Hall–Kier alpha value is -1.88. The molecule has 5 heteroatoms. The minimum Gasteiger partial charge on any atom is -0.466 e. The van der Waals surface area contributed by atoms with E-state index in [9.17, 15) is 13.6 Å². The largest absolute Gasteiger partial charge is 0.466 e. The molecule has 2 nitrogen and oxygen atoms in total. The van der Waals surface area contributed by atoms with Crippen LogP contribution in [-0.4, -0.2) is 18.3 Å². The highest BCUT2D eigenvalue weighted by molar-refractivity contribution is 7.99. The van der Waals surface area contributed by atoms with Crippen molar-refractivity contribution in [1.29, 1.82) is 0 Å². The van der Waals surface area contributed by atoms with Crippen LogP contribution in [0.5, 0.6) is 0 Å². The normalized spacial score (nSPS) is 10.5. The van der Waals surface area contributed by atoms with Crippen molar-refractivity contribution in [3.63, 3.8) is 0 Å². The van der Waals surface area contributed by atoms with Crippen molar-refractivity contribution >= 4 is 17.7 Å². The molecule has 0 atom stereocenters. The fourth-order valence-corrected chi connectivity index (χ4v) is 3.01. The molecule has 0 heterocycles. The first-order valence-corrected chi connectivity index (χ1v) is 7.93. The number of hydrogen-bond acceptors (Lipinski definition) is 3. The van der Waals surface area contributed by atoms with Gasteiger partial charge in [-0.1, -0.05) is 24.3 Å². The number of esters is 1. The Kier molecular flexibility index (Phi) is 5.95. The van der Waals surface area contributed by atoms with E-state index in [4.69, 9.17) is 4.74 Å². The van der Waals surface area contributed by atoms with Gasteiger partial charge in [-0.3, -0.25) is 4.79 Å². The van der Waals surface area contributed by atoms with Gasteiger partial charge in [0.15, 0.2) is 0 Å². The number of carbonyl (C=O) groups is 1. The third-order valence-corrected chi connectivity index (χ3v) is 4.03. The lowest BCUT2D eigenvalue weighted by Gasteiger charge is -2.10. The van der Waals surface area contributed by atoms with Crippen LogP contribution in [0.4, 0.5) is 8.78 Å². The van der Waals surface area contributed by atoms with E-state index < -0.39 is 5.82 Å².